The third-order valence-corrected chi connectivity index (χ3v) is 4.42. The maximum Gasteiger partial charge on any atom is 0.214 e. The molecule has 3 aromatic rings. The first-order valence-electron chi connectivity index (χ1n) is 7.92. The summed E-state index contributed by atoms with van der Waals surface area (Å²) in [6.07, 6.45) is 3.05. The van der Waals surface area contributed by atoms with Gasteiger partial charge < -0.3 is 10.6 Å². The van der Waals surface area contributed by atoms with Crippen molar-refractivity contribution in [3.05, 3.63) is 42.2 Å². The first-order chi connectivity index (χ1) is 11.0. The van der Waals surface area contributed by atoms with Gasteiger partial charge in [-0.05, 0) is 18.6 Å². The highest BCUT2D eigenvalue weighted by Gasteiger charge is 2.19. The Morgan fingerprint density at radius 2 is 1.83 bits per heavy atom. The van der Waals surface area contributed by atoms with Crippen LogP contribution in [0.2, 0.25) is 0 Å². The van der Waals surface area contributed by atoms with Crippen molar-refractivity contribution in [3.8, 4) is 0 Å². The minimum absolute atomic E-state index is 0.0596. The second-order valence-electron chi connectivity index (χ2n) is 6.58. The average molecular weight is 329 g/mol. The van der Waals surface area contributed by atoms with E-state index in [1.807, 2.05) is 28.9 Å². The van der Waals surface area contributed by atoms with Crippen LogP contribution in [-0.4, -0.2) is 27.7 Å². The summed E-state index contributed by atoms with van der Waals surface area (Å²) in [4.78, 5) is 5.60. The maximum atomic E-state index is 4.66. The van der Waals surface area contributed by atoms with Crippen LogP contribution in [0.1, 0.15) is 32.9 Å². The molecule has 0 unspecified atom stereocenters. The van der Waals surface area contributed by atoms with Crippen molar-refractivity contribution in [1.29, 1.82) is 0 Å². The molecule has 0 saturated carbocycles. The van der Waals surface area contributed by atoms with Crippen molar-refractivity contribution in [1.82, 2.24) is 14.6 Å². The highest BCUT2D eigenvalue weighted by Crippen LogP contribution is 2.25. The molecule has 122 valence electrons. The van der Waals surface area contributed by atoms with Gasteiger partial charge in [-0.3, -0.25) is 0 Å². The highest BCUT2D eigenvalue weighted by molar-refractivity contribution is 7.20. The number of anilines is 2. The normalized spacial score (nSPS) is 11.8. The first-order valence-corrected chi connectivity index (χ1v) is 8.73. The molecular formula is C17H23N5S. The van der Waals surface area contributed by atoms with Crippen molar-refractivity contribution >= 4 is 27.1 Å². The number of fused-ring (bicyclic) bond motifs is 1. The number of hydrogen-bond acceptors (Lipinski definition) is 5. The molecule has 0 radical (unpaired) electrons. The summed E-state index contributed by atoms with van der Waals surface area (Å²) in [5, 5.41) is 12.2. The van der Waals surface area contributed by atoms with Gasteiger partial charge in [-0.2, -0.15) is 0 Å². The second-order valence-corrected chi connectivity index (χ2v) is 7.54. The van der Waals surface area contributed by atoms with Gasteiger partial charge in [0.2, 0.25) is 10.1 Å². The largest absolute Gasteiger partial charge is 0.385 e. The van der Waals surface area contributed by atoms with E-state index in [4.69, 9.17) is 0 Å². The molecule has 0 atom stereocenters. The van der Waals surface area contributed by atoms with Crippen molar-refractivity contribution in [2.45, 2.75) is 32.6 Å². The number of nitrogens with one attached hydrogen (secondary N) is 2. The van der Waals surface area contributed by atoms with Gasteiger partial charge in [0.1, 0.15) is 0 Å². The van der Waals surface area contributed by atoms with Crippen LogP contribution < -0.4 is 10.6 Å². The minimum atomic E-state index is 0.0596. The molecule has 2 N–H and O–H groups in total. The van der Waals surface area contributed by atoms with Crippen LogP contribution in [0.15, 0.2) is 36.5 Å². The fourth-order valence-electron chi connectivity index (χ4n) is 2.21. The van der Waals surface area contributed by atoms with Crippen molar-refractivity contribution in [3.63, 3.8) is 0 Å². The molecular weight excluding hydrogens is 306 g/mol. The van der Waals surface area contributed by atoms with E-state index in [2.05, 4.69) is 53.6 Å². The molecule has 6 heteroatoms. The van der Waals surface area contributed by atoms with Gasteiger partial charge in [0.15, 0.2) is 0 Å². The zero-order valence-corrected chi connectivity index (χ0v) is 14.7. The number of benzene rings is 1. The lowest BCUT2D eigenvalue weighted by atomic mass is 9.93. The Morgan fingerprint density at radius 1 is 1.09 bits per heavy atom. The molecule has 0 aliphatic heterocycles. The summed E-state index contributed by atoms with van der Waals surface area (Å²) in [6, 6.07) is 10.3. The summed E-state index contributed by atoms with van der Waals surface area (Å²) in [5.74, 6) is 0. The van der Waals surface area contributed by atoms with E-state index in [1.54, 1.807) is 11.3 Å². The quantitative estimate of drug-likeness (QED) is 0.671. The molecule has 2 aromatic heterocycles. The van der Waals surface area contributed by atoms with Gasteiger partial charge in [0.05, 0.1) is 11.9 Å². The standard InChI is InChI=1S/C17H23N5S/c1-17(2,3)14-12-22-16(20-14)23-15(21-22)19-11-7-10-18-13-8-5-4-6-9-13/h4-6,8-9,12,18H,7,10-11H2,1-3H3,(H,19,21). The Balaban J connectivity index is 1.47. The topological polar surface area (TPSA) is 54.2 Å². The molecule has 0 fully saturated rings. The minimum Gasteiger partial charge on any atom is -0.385 e. The Morgan fingerprint density at radius 3 is 2.52 bits per heavy atom. The zero-order valence-electron chi connectivity index (χ0n) is 13.8. The van der Waals surface area contributed by atoms with Gasteiger partial charge in [-0.25, -0.2) is 9.50 Å². The molecule has 0 amide bonds. The number of aromatic nitrogens is 3. The van der Waals surface area contributed by atoms with Gasteiger partial charge in [0.25, 0.3) is 0 Å². The number of imidazole rings is 1. The van der Waals surface area contributed by atoms with Crippen LogP contribution in [0.5, 0.6) is 0 Å². The lowest BCUT2D eigenvalue weighted by molar-refractivity contribution is 0.572. The van der Waals surface area contributed by atoms with E-state index >= 15 is 0 Å². The van der Waals surface area contributed by atoms with Gasteiger partial charge in [-0.1, -0.05) is 50.3 Å². The summed E-state index contributed by atoms with van der Waals surface area (Å²) in [5.41, 5.74) is 2.30. The molecule has 0 aliphatic carbocycles. The summed E-state index contributed by atoms with van der Waals surface area (Å²) in [7, 11) is 0. The molecule has 0 spiro atoms. The summed E-state index contributed by atoms with van der Waals surface area (Å²) in [6.45, 7) is 8.32. The molecule has 0 bridgehead atoms. The number of rotatable bonds is 6. The van der Waals surface area contributed by atoms with Gasteiger partial charge in [0, 0.05) is 24.2 Å². The summed E-state index contributed by atoms with van der Waals surface area (Å²) < 4.78 is 1.87. The van der Waals surface area contributed by atoms with E-state index in [0.717, 1.165) is 41.0 Å². The van der Waals surface area contributed by atoms with E-state index in [-0.39, 0.29) is 5.41 Å². The average Bonchev–Trinajstić information content (AvgIpc) is 3.06. The number of hydrogen-bond donors (Lipinski definition) is 2. The van der Waals surface area contributed by atoms with Crippen molar-refractivity contribution < 1.29 is 0 Å². The maximum absolute atomic E-state index is 4.66. The van der Waals surface area contributed by atoms with Crippen LogP contribution in [0.4, 0.5) is 10.8 Å². The van der Waals surface area contributed by atoms with Crippen molar-refractivity contribution in [2.75, 3.05) is 23.7 Å². The fourth-order valence-corrected chi connectivity index (χ4v) is 3.01. The Labute approximate surface area is 140 Å². The predicted octanol–water partition coefficient (Wildman–Crippen LogP) is 4.00. The van der Waals surface area contributed by atoms with Crippen LogP contribution in [0.3, 0.4) is 0 Å². The number of nitrogens with zero attached hydrogens (tertiary/aromatic N) is 3. The van der Waals surface area contributed by atoms with Crippen LogP contribution in [0, 0.1) is 0 Å². The van der Waals surface area contributed by atoms with Crippen LogP contribution in [0.25, 0.3) is 4.96 Å². The van der Waals surface area contributed by atoms with E-state index < -0.39 is 0 Å². The summed E-state index contributed by atoms with van der Waals surface area (Å²) >= 11 is 1.60. The monoisotopic (exact) mass is 329 g/mol. The molecule has 23 heavy (non-hydrogen) atoms. The first kappa shape index (κ1) is 15.8. The predicted molar refractivity (Wildman–Crippen MR) is 97.6 cm³/mol. The third-order valence-electron chi connectivity index (χ3n) is 3.54. The van der Waals surface area contributed by atoms with Crippen LogP contribution in [-0.2, 0) is 5.41 Å². The molecule has 0 aliphatic rings. The molecule has 5 nitrogen and oxygen atoms in total. The second kappa shape index (κ2) is 6.58. The van der Waals surface area contributed by atoms with Crippen LogP contribution >= 0.6 is 11.3 Å². The van der Waals surface area contributed by atoms with E-state index in [1.165, 1.54) is 0 Å². The smallest absolute Gasteiger partial charge is 0.214 e. The van der Waals surface area contributed by atoms with Crippen molar-refractivity contribution in [2.24, 2.45) is 0 Å². The van der Waals surface area contributed by atoms with Gasteiger partial charge >= 0.3 is 0 Å². The molecule has 0 saturated heterocycles. The number of para-hydroxylation sites is 1. The third kappa shape index (κ3) is 4.01. The SMILES string of the molecule is CC(C)(C)c1cn2nc(NCCCNc3ccccc3)sc2n1. The lowest BCUT2D eigenvalue weighted by Gasteiger charge is -2.13. The molecule has 3 rings (SSSR count). The Bertz CT molecular complexity index is 723. The zero-order chi connectivity index (χ0) is 16.3. The van der Waals surface area contributed by atoms with Gasteiger partial charge in [-0.15, -0.1) is 5.10 Å². The molecule has 2 heterocycles. The lowest BCUT2D eigenvalue weighted by Crippen LogP contribution is -2.11. The Kier molecular flexibility index (Phi) is 4.52. The fraction of sp³-hybridized carbons (Fsp3) is 0.412. The molecule has 1 aromatic carbocycles. The Hall–Kier alpha value is -2.08. The van der Waals surface area contributed by atoms with E-state index in [0.29, 0.717) is 0 Å². The van der Waals surface area contributed by atoms with E-state index in [9.17, 15) is 0 Å². The highest BCUT2D eigenvalue weighted by atomic mass is 32.1.